The highest BCUT2D eigenvalue weighted by Crippen LogP contribution is 2.37. The number of nitriles is 1. The van der Waals surface area contributed by atoms with Crippen LogP contribution in [0.2, 0.25) is 5.02 Å². The van der Waals surface area contributed by atoms with E-state index in [1.165, 1.54) is 11.8 Å². The molecule has 0 unspecified atom stereocenters. The van der Waals surface area contributed by atoms with Crippen molar-refractivity contribution in [3.63, 3.8) is 0 Å². The number of aromatic nitrogens is 1. The van der Waals surface area contributed by atoms with Crippen LogP contribution in [-0.4, -0.2) is 16.6 Å². The number of rotatable bonds is 6. The molecule has 0 saturated heterocycles. The third kappa shape index (κ3) is 5.63. The van der Waals surface area contributed by atoms with Gasteiger partial charge in [-0.2, -0.15) is 5.26 Å². The number of benzene rings is 3. The molecule has 4 rings (SSSR count). The number of nitrogens with zero attached hydrogens (tertiary/aromatic N) is 2. The Balaban J connectivity index is 1.69. The normalized spacial score (nSPS) is 10.5. The van der Waals surface area contributed by atoms with Crippen molar-refractivity contribution >= 4 is 50.9 Å². The molecule has 0 aliphatic rings. The highest BCUT2D eigenvalue weighted by Gasteiger charge is 2.18. The van der Waals surface area contributed by atoms with E-state index in [9.17, 15) is 10.1 Å². The maximum absolute atomic E-state index is 12.6. The van der Waals surface area contributed by atoms with Gasteiger partial charge in [0.05, 0.1) is 17.0 Å². The van der Waals surface area contributed by atoms with Gasteiger partial charge in [0.15, 0.2) is 0 Å². The zero-order valence-electron chi connectivity index (χ0n) is 17.3. The van der Waals surface area contributed by atoms with Crippen molar-refractivity contribution < 1.29 is 4.79 Å². The van der Waals surface area contributed by atoms with Crippen LogP contribution in [0.3, 0.4) is 0 Å². The average molecular weight is 535 g/mol. The van der Waals surface area contributed by atoms with Gasteiger partial charge < -0.3 is 5.32 Å². The molecule has 33 heavy (non-hydrogen) atoms. The van der Waals surface area contributed by atoms with E-state index in [1.54, 1.807) is 6.07 Å². The molecule has 0 aliphatic carbocycles. The van der Waals surface area contributed by atoms with E-state index in [4.69, 9.17) is 16.6 Å². The minimum Gasteiger partial charge on any atom is -0.325 e. The zero-order chi connectivity index (χ0) is 23.2. The molecule has 0 saturated carbocycles. The van der Waals surface area contributed by atoms with Crippen LogP contribution in [0, 0.1) is 11.3 Å². The van der Waals surface area contributed by atoms with E-state index < -0.39 is 0 Å². The lowest BCUT2D eigenvalue weighted by atomic mass is 9.99. The minimum atomic E-state index is -0.183. The number of carbonyl (C=O) groups is 1. The fraction of sp³-hybridized carbons (Fsp3) is 0.0385. The standard InChI is InChI=1S/C26H17BrClN3OS/c27-18-10-12-19(13-11-18)30-25(32)16-33-26-22(15-29)21(20-8-4-5-9-23(20)28)14-24(31-26)17-6-2-1-3-7-17/h1-14H,16H2,(H,30,32). The van der Waals surface area contributed by atoms with Gasteiger partial charge in [-0.05, 0) is 36.4 Å². The Morgan fingerprint density at radius 3 is 2.39 bits per heavy atom. The van der Waals surface area contributed by atoms with Gasteiger partial charge in [-0.15, -0.1) is 0 Å². The van der Waals surface area contributed by atoms with Crippen LogP contribution in [0.1, 0.15) is 5.56 Å². The summed E-state index contributed by atoms with van der Waals surface area (Å²) in [7, 11) is 0. The highest BCUT2D eigenvalue weighted by molar-refractivity contribution is 9.10. The molecule has 4 aromatic rings. The lowest BCUT2D eigenvalue weighted by Gasteiger charge is -2.13. The zero-order valence-corrected chi connectivity index (χ0v) is 20.4. The summed E-state index contributed by atoms with van der Waals surface area (Å²) < 4.78 is 0.933. The summed E-state index contributed by atoms with van der Waals surface area (Å²) in [5.74, 6) is -0.0739. The first-order chi connectivity index (χ1) is 16.0. The summed E-state index contributed by atoms with van der Waals surface area (Å²) in [6.07, 6.45) is 0. The predicted octanol–water partition coefficient (Wildman–Crippen LogP) is 7.43. The Morgan fingerprint density at radius 2 is 1.70 bits per heavy atom. The highest BCUT2D eigenvalue weighted by atomic mass is 79.9. The van der Waals surface area contributed by atoms with Gasteiger partial charge in [0.25, 0.3) is 0 Å². The van der Waals surface area contributed by atoms with Crippen LogP contribution >= 0.6 is 39.3 Å². The monoisotopic (exact) mass is 533 g/mol. The van der Waals surface area contributed by atoms with Gasteiger partial charge in [0.2, 0.25) is 5.91 Å². The third-order valence-electron chi connectivity index (χ3n) is 4.80. The summed E-state index contributed by atoms with van der Waals surface area (Å²) in [4.78, 5) is 17.3. The summed E-state index contributed by atoms with van der Waals surface area (Å²) in [6.45, 7) is 0. The van der Waals surface area contributed by atoms with Gasteiger partial charge in [-0.1, -0.05) is 87.8 Å². The molecule has 4 nitrogen and oxygen atoms in total. The number of hydrogen-bond donors (Lipinski definition) is 1. The number of amides is 1. The summed E-state index contributed by atoms with van der Waals surface area (Å²) in [6, 6.07) is 28.6. The van der Waals surface area contributed by atoms with Gasteiger partial charge in [-0.25, -0.2) is 4.98 Å². The molecule has 0 radical (unpaired) electrons. The third-order valence-corrected chi connectivity index (χ3v) is 6.63. The molecule has 1 aromatic heterocycles. The molecule has 0 spiro atoms. The largest absolute Gasteiger partial charge is 0.325 e. The fourth-order valence-corrected chi connectivity index (χ4v) is 4.55. The minimum absolute atomic E-state index is 0.109. The molecule has 0 atom stereocenters. The number of pyridine rings is 1. The lowest BCUT2D eigenvalue weighted by Crippen LogP contribution is -2.14. The first kappa shape index (κ1) is 23.1. The predicted molar refractivity (Wildman–Crippen MR) is 138 cm³/mol. The number of halogens is 2. The van der Waals surface area contributed by atoms with Crippen LogP contribution in [0.25, 0.3) is 22.4 Å². The van der Waals surface area contributed by atoms with Crippen LogP contribution in [-0.2, 0) is 4.79 Å². The van der Waals surface area contributed by atoms with E-state index in [1.807, 2.05) is 78.9 Å². The second-order valence-electron chi connectivity index (χ2n) is 7.04. The van der Waals surface area contributed by atoms with Gasteiger partial charge in [0.1, 0.15) is 11.1 Å². The number of anilines is 1. The molecule has 0 aliphatic heterocycles. The number of carbonyl (C=O) groups excluding carboxylic acids is 1. The van der Waals surface area contributed by atoms with Gasteiger partial charge >= 0.3 is 0 Å². The summed E-state index contributed by atoms with van der Waals surface area (Å²) in [5, 5.41) is 13.9. The average Bonchev–Trinajstić information content (AvgIpc) is 2.84. The second kappa shape index (κ2) is 10.7. The maximum atomic E-state index is 12.6. The lowest BCUT2D eigenvalue weighted by molar-refractivity contribution is -0.113. The molecule has 0 fully saturated rings. The van der Waals surface area contributed by atoms with Crippen molar-refractivity contribution in [2.75, 3.05) is 11.1 Å². The number of thioether (sulfide) groups is 1. The second-order valence-corrected chi connectivity index (χ2v) is 9.32. The van der Waals surface area contributed by atoms with Crippen LogP contribution < -0.4 is 5.32 Å². The quantitative estimate of drug-likeness (QED) is 0.261. The van der Waals surface area contributed by atoms with Crippen molar-refractivity contribution in [3.05, 3.63) is 100.0 Å². The molecular formula is C26H17BrClN3OS. The molecule has 3 aromatic carbocycles. The Morgan fingerprint density at radius 1 is 1.00 bits per heavy atom. The smallest absolute Gasteiger partial charge is 0.234 e. The van der Waals surface area contributed by atoms with Crippen molar-refractivity contribution in [2.45, 2.75) is 5.03 Å². The molecule has 1 amide bonds. The summed E-state index contributed by atoms with van der Waals surface area (Å²) in [5.41, 5.74) is 4.15. The molecular weight excluding hydrogens is 518 g/mol. The first-order valence-corrected chi connectivity index (χ1v) is 12.1. The van der Waals surface area contributed by atoms with Crippen LogP contribution in [0.15, 0.2) is 94.4 Å². The maximum Gasteiger partial charge on any atom is 0.234 e. The Bertz CT molecular complexity index is 1340. The number of hydrogen-bond acceptors (Lipinski definition) is 4. The van der Waals surface area contributed by atoms with Crippen molar-refractivity contribution in [3.8, 4) is 28.5 Å². The van der Waals surface area contributed by atoms with E-state index >= 15 is 0 Å². The van der Waals surface area contributed by atoms with Crippen molar-refractivity contribution in [2.24, 2.45) is 0 Å². The Hall–Kier alpha value is -3.11. The molecule has 7 heteroatoms. The van der Waals surface area contributed by atoms with E-state index in [2.05, 4.69) is 27.3 Å². The van der Waals surface area contributed by atoms with E-state index in [0.29, 0.717) is 32.6 Å². The van der Waals surface area contributed by atoms with Gasteiger partial charge in [-0.3, -0.25) is 4.79 Å². The van der Waals surface area contributed by atoms with E-state index in [0.717, 1.165) is 15.6 Å². The van der Waals surface area contributed by atoms with E-state index in [-0.39, 0.29) is 11.7 Å². The molecule has 1 heterocycles. The SMILES string of the molecule is N#Cc1c(-c2ccccc2Cl)cc(-c2ccccc2)nc1SCC(=O)Nc1ccc(Br)cc1. The number of nitrogens with one attached hydrogen (secondary N) is 1. The molecule has 162 valence electrons. The van der Waals surface area contributed by atoms with Crippen molar-refractivity contribution in [1.82, 2.24) is 4.98 Å². The summed E-state index contributed by atoms with van der Waals surface area (Å²) >= 11 is 11.1. The Labute approximate surface area is 209 Å². The fourth-order valence-electron chi connectivity index (χ4n) is 3.25. The Kier molecular flexibility index (Phi) is 7.46. The van der Waals surface area contributed by atoms with Gasteiger partial charge in [0, 0.05) is 31.9 Å². The topological polar surface area (TPSA) is 65.8 Å². The van der Waals surface area contributed by atoms with Crippen molar-refractivity contribution in [1.29, 1.82) is 5.26 Å². The molecule has 1 N–H and O–H groups in total. The van der Waals surface area contributed by atoms with Crippen LogP contribution in [0.5, 0.6) is 0 Å². The molecule has 0 bridgehead atoms. The van der Waals surface area contributed by atoms with Crippen LogP contribution in [0.4, 0.5) is 5.69 Å². The first-order valence-electron chi connectivity index (χ1n) is 9.99.